The van der Waals surface area contributed by atoms with E-state index in [9.17, 15) is 0 Å². The van der Waals surface area contributed by atoms with E-state index < -0.39 is 0 Å². The molecule has 0 aliphatic carbocycles. The fourth-order valence-electron chi connectivity index (χ4n) is 2.06. The van der Waals surface area contributed by atoms with Gasteiger partial charge in [-0.3, -0.25) is 4.90 Å². The highest BCUT2D eigenvalue weighted by Crippen LogP contribution is 2.19. The minimum Gasteiger partial charge on any atom is -0.419 e. The lowest BCUT2D eigenvalue weighted by Gasteiger charge is -2.34. The standard InChI is InChI=1S/C14H18N4O/c1-10-3-5-11(6-4-10)14-17-16-13(19-14)9-18(2)12-7-15-8-12/h3-6,12,15H,7-9H2,1-2H3. The van der Waals surface area contributed by atoms with Crippen LogP contribution < -0.4 is 5.32 Å². The van der Waals surface area contributed by atoms with Crippen LogP contribution in [0, 0.1) is 6.92 Å². The quantitative estimate of drug-likeness (QED) is 0.899. The van der Waals surface area contributed by atoms with Crippen LogP contribution in [0.4, 0.5) is 0 Å². The molecule has 0 atom stereocenters. The van der Waals surface area contributed by atoms with Crippen LogP contribution in [0.3, 0.4) is 0 Å². The Kier molecular flexibility index (Phi) is 3.31. The summed E-state index contributed by atoms with van der Waals surface area (Å²) in [4.78, 5) is 2.24. The lowest BCUT2D eigenvalue weighted by molar-refractivity contribution is 0.160. The van der Waals surface area contributed by atoms with Crippen molar-refractivity contribution in [3.05, 3.63) is 35.7 Å². The molecule has 1 aromatic heterocycles. The highest BCUT2D eigenvalue weighted by atomic mass is 16.4. The minimum absolute atomic E-state index is 0.578. The number of rotatable bonds is 4. The third kappa shape index (κ3) is 2.67. The molecule has 100 valence electrons. The second-order valence-corrected chi connectivity index (χ2v) is 5.09. The van der Waals surface area contributed by atoms with E-state index in [0.717, 1.165) is 18.7 Å². The lowest BCUT2D eigenvalue weighted by Crippen LogP contribution is -2.55. The van der Waals surface area contributed by atoms with Crippen LogP contribution >= 0.6 is 0 Å². The van der Waals surface area contributed by atoms with Gasteiger partial charge >= 0.3 is 0 Å². The van der Waals surface area contributed by atoms with E-state index in [-0.39, 0.29) is 0 Å². The summed E-state index contributed by atoms with van der Waals surface area (Å²) in [7, 11) is 2.08. The highest BCUT2D eigenvalue weighted by Gasteiger charge is 2.23. The Morgan fingerprint density at radius 3 is 2.63 bits per heavy atom. The third-order valence-electron chi connectivity index (χ3n) is 3.53. The van der Waals surface area contributed by atoms with Crippen LogP contribution in [0.15, 0.2) is 28.7 Å². The smallest absolute Gasteiger partial charge is 0.247 e. The van der Waals surface area contributed by atoms with Gasteiger partial charge in [0.2, 0.25) is 11.8 Å². The molecular weight excluding hydrogens is 240 g/mol. The maximum Gasteiger partial charge on any atom is 0.247 e. The van der Waals surface area contributed by atoms with Gasteiger partial charge in [0.05, 0.1) is 6.54 Å². The number of benzene rings is 1. The monoisotopic (exact) mass is 258 g/mol. The van der Waals surface area contributed by atoms with Gasteiger partial charge in [-0.2, -0.15) is 0 Å². The van der Waals surface area contributed by atoms with E-state index in [0.29, 0.717) is 24.4 Å². The molecule has 1 aromatic carbocycles. The third-order valence-corrected chi connectivity index (χ3v) is 3.53. The van der Waals surface area contributed by atoms with E-state index >= 15 is 0 Å². The SMILES string of the molecule is Cc1ccc(-c2nnc(CN(C)C3CNC3)o2)cc1. The van der Waals surface area contributed by atoms with Gasteiger partial charge in [0.25, 0.3) is 0 Å². The topological polar surface area (TPSA) is 54.2 Å². The lowest BCUT2D eigenvalue weighted by atomic mass is 10.1. The minimum atomic E-state index is 0.578. The number of hydrogen-bond donors (Lipinski definition) is 1. The van der Waals surface area contributed by atoms with Crippen molar-refractivity contribution in [1.82, 2.24) is 20.4 Å². The van der Waals surface area contributed by atoms with Crippen LogP contribution in [-0.2, 0) is 6.54 Å². The van der Waals surface area contributed by atoms with Crippen LogP contribution in [0.1, 0.15) is 11.5 Å². The summed E-state index contributed by atoms with van der Waals surface area (Å²) in [5.74, 6) is 1.26. The Morgan fingerprint density at radius 2 is 2.00 bits per heavy atom. The van der Waals surface area contributed by atoms with Crippen molar-refractivity contribution in [2.75, 3.05) is 20.1 Å². The molecule has 2 heterocycles. The van der Waals surface area contributed by atoms with Crippen molar-refractivity contribution in [3.8, 4) is 11.5 Å². The first kappa shape index (κ1) is 12.3. The molecule has 0 unspecified atom stereocenters. The van der Waals surface area contributed by atoms with Crippen LogP contribution in [-0.4, -0.2) is 41.3 Å². The van der Waals surface area contributed by atoms with Gasteiger partial charge in [-0.1, -0.05) is 17.7 Å². The number of aromatic nitrogens is 2. The largest absolute Gasteiger partial charge is 0.419 e. The fourth-order valence-corrected chi connectivity index (χ4v) is 2.06. The summed E-state index contributed by atoms with van der Waals surface area (Å²) in [6.07, 6.45) is 0. The molecule has 1 aliphatic heterocycles. The van der Waals surface area contributed by atoms with Crippen molar-refractivity contribution < 1.29 is 4.42 Å². The number of nitrogens with zero attached hydrogens (tertiary/aromatic N) is 3. The number of likely N-dealkylation sites (N-methyl/N-ethyl adjacent to an activating group) is 1. The number of nitrogens with one attached hydrogen (secondary N) is 1. The summed E-state index contributed by atoms with van der Waals surface area (Å²) < 4.78 is 5.71. The van der Waals surface area contributed by atoms with Crippen LogP contribution in [0.5, 0.6) is 0 Å². The molecule has 2 aromatic rings. The zero-order valence-electron chi connectivity index (χ0n) is 11.3. The average molecular weight is 258 g/mol. The molecule has 0 spiro atoms. The van der Waals surface area contributed by atoms with Gasteiger partial charge < -0.3 is 9.73 Å². The van der Waals surface area contributed by atoms with Crippen LogP contribution in [0.2, 0.25) is 0 Å². The maximum absolute atomic E-state index is 5.71. The Balaban J connectivity index is 1.70. The van der Waals surface area contributed by atoms with Gasteiger partial charge in [-0.15, -0.1) is 10.2 Å². The Bertz CT molecular complexity index is 545. The van der Waals surface area contributed by atoms with Crippen molar-refractivity contribution in [2.24, 2.45) is 0 Å². The van der Waals surface area contributed by atoms with Gasteiger partial charge in [0.1, 0.15) is 0 Å². The summed E-state index contributed by atoms with van der Waals surface area (Å²) in [6, 6.07) is 8.68. The molecule has 1 N–H and O–H groups in total. The van der Waals surface area contributed by atoms with E-state index in [4.69, 9.17) is 4.42 Å². The van der Waals surface area contributed by atoms with Gasteiger partial charge in [0, 0.05) is 24.7 Å². The average Bonchev–Trinajstić information content (AvgIpc) is 2.76. The van der Waals surface area contributed by atoms with Crippen molar-refractivity contribution in [3.63, 3.8) is 0 Å². The molecule has 5 nitrogen and oxygen atoms in total. The predicted molar refractivity (Wildman–Crippen MR) is 72.6 cm³/mol. The zero-order valence-corrected chi connectivity index (χ0v) is 11.3. The summed E-state index contributed by atoms with van der Waals surface area (Å²) in [6.45, 7) is 4.83. The van der Waals surface area contributed by atoms with Crippen molar-refractivity contribution in [2.45, 2.75) is 19.5 Å². The number of hydrogen-bond acceptors (Lipinski definition) is 5. The fraction of sp³-hybridized carbons (Fsp3) is 0.429. The molecule has 1 fully saturated rings. The van der Waals surface area contributed by atoms with Gasteiger partial charge in [-0.25, -0.2) is 0 Å². The summed E-state index contributed by atoms with van der Waals surface area (Å²) in [5, 5.41) is 11.5. The van der Waals surface area contributed by atoms with Gasteiger partial charge in [-0.05, 0) is 26.1 Å². The Hall–Kier alpha value is -1.72. The molecule has 19 heavy (non-hydrogen) atoms. The first-order chi connectivity index (χ1) is 9.22. The normalized spacial score (nSPS) is 15.7. The second kappa shape index (κ2) is 5.11. The summed E-state index contributed by atoms with van der Waals surface area (Å²) >= 11 is 0. The number of aryl methyl sites for hydroxylation is 1. The maximum atomic E-state index is 5.71. The van der Waals surface area contributed by atoms with Crippen LogP contribution in [0.25, 0.3) is 11.5 Å². The molecule has 0 saturated carbocycles. The Morgan fingerprint density at radius 1 is 1.26 bits per heavy atom. The molecule has 3 rings (SSSR count). The molecule has 0 amide bonds. The first-order valence-corrected chi connectivity index (χ1v) is 6.53. The van der Waals surface area contributed by atoms with E-state index in [1.54, 1.807) is 0 Å². The molecule has 1 saturated heterocycles. The molecule has 0 bridgehead atoms. The van der Waals surface area contributed by atoms with Crippen molar-refractivity contribution in [1.29, 1.82) is 0 Å². The molecule has 5 heteroatoms. The highest BCUT2D eigenvalue weighted by molar-refractivity contribution is 5.52. The second-order valence-electron chi connectivity index (χ2n) is 5.09. The van der Waals surface area contributed by atoms with E-state index in [2.05, 4.69) is 34.4 Å². The zero-order chi connectivity index (χ0) is 13.2. The summed E-state index contributed by atoms with van der Waals surface area (Å²) in [5.41, 5.74) is 2.19. The Labute approximate surface area is 112 Å². The molecular formula is C14H18N4O. The molecule has 1 aliphatic rings. The van der Waals surface area contributed by atoms with E-state index in [1.165, 1.54) is 5.56 Å². The van der Waals surface area contributed by atoms with Gasteiger partial charge in [0.15, 0.2) is 0 Å². The molecule has 0 radical (unpaired) electrons. The van der Waals surface area contributed by atoms with E-state index in [1.807, 2.05) is 24.3 Å². The predicted octanol–water partition coefficient (Wildman–Crippen LogP) is 1.45. The van der Waals surface area contributed by atoms with Crippen molar-refractivity contribution >= 4 is 0 Å². The first-order valence-electron chi connectivity index (χ1n) is 6.53.